The van der Waals surface area contributed by atoms with Crippen molar-refractivity contribution in [1.82, 2.24) is 0 Å². The van der Waals surface area contributed by atoms with Gasteiger partial charge in [0.15, 0.2) is 0 Å². The summed E-state index contributed by atoms with van der Waals surface area (Å²) in [5, 5.41) is 0. The molecule has 0 saturated carbocycles. The minimum Gasteiger partial charge on any atom is -0.217 e. The maximum atomic E-state index is 5.94. The first kappa shape index (κ1) is 12.6. The average Bonchev–Trinajstić information content (AvgIpc) is 1.99. The summed E-state index contributed by atoms with van der Waals surface area (Å²) in [7, 11) is 0. The third-order valence-electron chi connectivity index (χ3n) is 2.26. The monoisotopic (exact) mass is 225 g/mol. The van der Waals surface area contributed by atoms with E-state index in [1.54, 1.807) is 0 Å². The third kappa shape index (κ3) is 3.23. The van der Waals surface area contributed by atoms with Gasteiger partial charge in [-0.25, -0.2) is 4.42 Å². The molecule has 0 aliphatic heterocycles. The van der Waals surface area contributed by atoms with Gasteiger partial charge in [0.2, 0.25) is 0 Å². The van der Waals surface area contributed by atoms with E-state index >= 15 is 0 Å². The van der Waals surface area contributed by atoms with Crippen molar-refractivity contribution in [2.75, 3.05) is 0 Å². The molecule has 0 unspecified atom stereocenters. The van der Waals surface area contributed by atoms with E-state index in [0.717, 1.165) is 16.4 Å². The van der Waals surface area contributed by atoms with Crippen LogP contribution in [0.2, 0.25) is 0 Å². The Labute approximate surface area is 98.3 Å². The minimum atomic E-state index is 0.0265. The lowest BCUT2D eigenvalue weighted by atomic mass is 9.90. The van der Waals surface area contributed by atoms with E-state index in [1.165, 1.54) is 0 Å². The second kappa shape index (κ2) is 3.82. The van der Waals surface area contributed by atoms with Crippen LogP contribution in [0.3, 0.4) is 0 Å². The van der Waals surface area contributed by atoms with Gasteiger partial charge in [-0.2, -0.15) is 0 Å². The SMILES string of the molecule is CC(C)(C)c1cc(S)cc(C(C)(C)C)[o+]1. The van der Waals surface area contributed by atoms with Gasteiger partial charge >= 0.3 is 11.5 Å². The smallest absolute Gasteiger partial charge is 0.217 e. The Balaban J connectivity index is 3.30. The van der Waals surface area contributed by atoms with Gasteiger partial charge in [-0.15, -0.1) is 12.6 Å². The molecule has 1 aromatic heterocycles. The third-order valence-corrected chi connectivity index (χ3v) is 2.51. The predicted molar refractivity (Wildman–Crippen MR) is 67.8 cm³/mol. The van der Waals surface area contributed by atoms with Crippen LogP contribution in [0, 0.1) is 0 Å². The van der Waals surface area contributed by atoms with Crippen LogP contribution in [0.15, 0.2) is 21.4 Å². The van der Waals surface area contributed by atoms with Crippen LogP contribution in [0.4, 0.5) is 0 Å². The Morgan fingerprint density at radius 2 is 1.20 bits per heavy atom. The highest BCUT2D eigenvalue weighted by Gasteiger charge is 2.33. The molecule has 0 radical (unpaired) electrons. The van der Waals surface area contributed by atoms with E-state index in [9.17, 15) is 0 Å². The summed E-state index contributed by atoms with van der Waals surface area (Å²) in [5.41, 5.74) is 0.0531. The number of hydrogen-bond donors (Lipinski definition) is 1. The maximum Gasteiger partial charge on any atom is 0.335 e. The zero-order valence-electron chi connectivity index (χ0n) is 10.5. The van der Waals surface area contributed by atoms with E-state index in [4.69, 9.17) is 4.42 Å². The summed E-state index contributed by atoms with van der Waals surface area (Å²) in [6.07, 6.45) is 0. The Bertz CT molecular complexity index is 324. The van der Waals surface area contributed by atoms with Gasteiger partial charge in [0.05, 0.1) is 23.0 Å². The van der Waals surface area contributed by atoms with Crippen LogP contribution in [-0.4, -0.2) is 0 Å². The number of rotatable bonds is 0. The highest BCUT2D eigenvalue weighted by molar-refractivity contribution is 7.80. The second-order valence-electron chi connectivity index (χ2n) is 6.04. The van der Waals surface area contributed by atoms with Crippen molar-refractivity contribution < 1.29 is 4.42 Å². The van der Waals surface area contributed by atoms with Crippen molar-refractivity contribution in [3.8, 4) is 0 Å². The molecule has 84 valence electrons. The van der Waals surface area contributed by atoms with Crippen LogP contribution in [0.5, 0.6) is 0 Å². The molecule has 0 aliphatic carbocycles. The molecular formula is C13H21OS+. The molecule has 0 amide bonds. The summed E-state index contributed by atoms with van der Waals surface area (Å²) >= 11 is 4.43. The normalized spacial score (nSPS) is 13.0. The number of thiol groups is 1. The first-order valence-electron chi connectivity index (χ1n) is 5.29. The summed E-state index contributed by atoms with van der Waals surface area (Å²) < 4.78 is 5.94. The summed E-state index contributed by atoms with van der Waals surface area (Å²) in [5.74, 6) is 1.97. The lowest BCUT2D eigenvalue weighted by Gasteiger charge is -2.13. The maximum absolute atomic E-state index is 5.94. The summed E-state index contributed by atoms with van der Waals surface area (Å²) in [6, 6.07) is 4.00. The van der Waals surface area contributed by atoms with Crippen LogP contribution >= 0.6 is 12.6 Å². The lowest BCUT2D eigenvalue weighted by molar-refractivity contribution is 0.326. The molecule has 1 heterocycles. The molecule has 0 spiro atoms. The van der Waals surface area contributed by atoms with Crippen molar-refractivity contribution in [2.24, 2.45) is 0 Å². The molecule has 0 bridgehead atoms. The average molecular weight is 225 g/mol. The van der Waals surface area contributed by atoms with E-state index in [0.29, 0.717) is 0 Å². The Morgan fingerprint density at radius 1 is 0.867 bits per heavy atom. The molecular weight excluding hydrogens is 204 g/mol. The molecule has 0 saturated heterocycles. The largest absolute Gasteiger partial charge is 0.335 e. The van der Waals surface area contributed by atoms with Gasteiger partial charge in [-0.1, -0.05) is 0 Å². The van der Waals surface area contributed by atoms with Gasteiger partial charge in [0.1, 0.15) is 0 Å². The van der Waals surface area contributed by atoms with Crippen molar-refractivity contribution >= 4 is 12.6 Å². The van der Waals surface area contributed by atoms with Gasteiger partial charge in [0.25, 0.3) is 0 Å². The van der Waals surface area contributed by atoms with Crippen molar-refractivity contribution in [3.05, 3.63) is 23.7 Å². The van der Waals surface area contributed by atoms with Gasteiger partial charge in [0, 0.05) is 4.90 Å². The topological polar surface area (TPSA) is 11.3 Å². The fourth-order valence-electron chi connectivity index (χ4n) is 1.23. The first-order valence-corrected chi connectivity index (χ1v) is 5.73. The minimum absolute atomic E-state index is 0.0265. The molecule has 0 atom stereocenters. The highest BCUT2D eigenvalue weighted by atomic mass is 32.1. The molecule has 1 aromatic rings. The molecule has 15 heavy (non-hydrogen) atoms. The van der Waals surface area contributed by atoms with Crippen LogP contribution in [-0.2, 0) is 10.8 Å². The van der Waals surface area contributed by atoms with Crippen LogP contribution in [0.1, 0.15) is 53.1 Å². The van der Waals surface area contributed by atoms with Crippen LogP contribution < -0.4 is 0 Å². The fraction of sp³-hybridized carbons (Fsp3) is 0.615. The van der Waals surface area contributed by atoms with Crippen LogP contribution in [0.25, 0.3) is 0 Å². The quantitative estimate of drug-likeness (QED) is 0.508. The zero-order chi connectivity index (χ0) is 11.9. The van der Waals surface area contributed by atoms with E-state index < -0.39 is 0 Å². The predicted octanol–water partition coefficient (Wildman–Crippen LogP) is 4.44. The van der Waals surface area contributed by atoms with Crippen molar-refractivity contribution in [3.63, 3.8) is 0 Å². The van der Waals surface area contributed by atoms with Gasteiger partial charge in [-0.05, 0) is 41.5 Å². The van der Waals surface area contributed by atoms with Crippen molar-refractivity contribution in [2.45, 2.75) is 57.3 Å². The molecule has 0 aromatic carbocycles. The number of hydrogen-bond acceptors (Lipinski definition) is 1. The second-order valence-corrected chi connectivity index (χ2v) is 6.56. The van der Waals surface area contributed by atoms with Crippen molar-refractivity contribution in [1.29, 1.82) is 0 Å². The standard InChI is InChI=1S/C13H20OS/c1-12(2,3)10-7-9(15)8-11(14-10)13(4,5)6/h7-8H,1-6H3/p+1. The lowest BCUT2D eigenvalue weighted by Crippen LogP contribution is -2.16. The summed E-state index contributed by atoms with van der Waals surface area (Å²) in [6.45, 7) is 12.9. The van der Waals surface area contributed by atoms with E-state index in [1.807, 2.05) is 12.1 Å². The molecule has 1 rings (SSSR count). The van der Waals surface area contributed by atoms with E-state index in [2.05, 4.69) is 54.2 Å². The van der Waals surface area contributed by atoms with Gasteiger partial charge < -0.3 is 0 Å². The molecule has 2 heteroatoms. The molecule has 0 aliphatic rings. The van der Waals surface area contributed by atoms with E-state index in [-0.39, 0.29) is 10.8 Å². The summed E-state index contributed by atoms with van der Waals surface area (Å²) in [4.78, 5) is 0.969. The molecule has 0 N–H and O–H groups in total. The Kier molecular flexibility index (Phi) is 3.20. The Morgan fingerprint density at radius 3 is 1.47 bits per heavy atom. The zero-order valence-corrected chi connectivity index (χ0v) is 11.4. The van der Waals surface area contributed by atoms with Gasteiger partial charge in [-0.3, -0.25) is 0 Å². The fourth-order valence-corrected chi connectivity index (χ4v) is 1.46. The molecule has 1 nitrogen and oxygen atoms in total. The first-order chi connectivity index (χ1) is 6.60. The Hall–Kier alpha value is -0.500. The molecule has 0 fully saturated rings. The highest BCUT2D eigenvalue weighted by Crippen LogP contribution is 2.31.